The molecule has 0 amide bonds. The highest BCUT2D eigenvalue weighted by Crippen LogP contribution is 2.29. The number of aliphatic hydroxyl groups is 1. The summed E-state index contributed by atoms with van der Waals surface area (Å²) in [6.45, 7) is 5.16. The molecule has 0 aliphatic heterocycles. The largest absolute Gasteiger partial charge is 0.396 e. The lowest BCUT2D eigenvalue weighted by Gasteiger charge is -2.33. The van der Waals surface area contributed by atoms with Crippen LogP contribution < -0.4 is 10.6 Å². The molecule has 5 nitrogen and oxygen atoms in total. The lowest BCUT2D eigenvalue weighted by atomic mass is 9.83. The topological polar surface area (TPSA) is 75.3 Å². The number of aliphatic hydroxyl groups excluding tert-OH is 1. The number of nitrogens with zero attached hydrogens (tertiary/aromatic N) is 3. The summed E-state index contributed by atoms with van der Waals surface area (Å²) in [6, 6.07) is 0. The molecule has 0 saturated heterocycles. The molecule has 92 valence electrons. The van der Waals surface area contributed by atoms with Crippen LogP contribution in [0.3, 0.4) is 0 Å². The molecule has 6 heteroatoms. The van der Waals surface area contributed by atoms with Crippen molar-refractivity contribution in [3.63, 3.8) is 0 Å². The molecule has 0 fully saturated rings. The lowest BCUT2D eigenvalue weighted by Crippen LogP contribution is -2.37. The Labute approximate surface area is 100 Å². The van der Waals surface area contributed by atoms with Gasteiger partial charge in [0.15, 0.2) is 0 Å². The molecule has 0 atom stereocenters. The van der Waals surface area contributed by atoms with E-state index in [-0.39, 0.29) is 12.0 Å². The van der Waals surface area contributed by atoms with Crippen LogP contribution in [0.1, 0.15) is 26.7 Å². The first-order valence-corrected chi connectivity index (χ1v) is 6.29. The second kappa shape index (κ2) is 5.45. The number of hydrogen-bond acceptors (Lipinski definition) is 6. The Morgan fingerprint density at radius 1 is 1.38 bits per heavy atom. The predicted molar refractivity (Wildman–Crippen MR) is 67.7 cm³/mol. The fraction of sp³-hybridized carbons (Fsp3) is 0.800. The molecule has 3 N–H and O–H groups in total. The van der Waals surface area contributed by atoms with E-state index >= 15 is 0 Å². The van der Waals surface area contributed by atoms with Gasteiger partial charge in [0.25, 0.3) is 0 Å². The van der Waals surface area contributed by atoms with E-state index < -0.39 is 0 Å². The zero-order valence-electron chi connectivity index (χ0n) is 10.1. The van der Waals surface area contributed by atoms with Crippen LogP contribution in [-0.4, -0.2) is 35.5 Å². The number of nitrogen functional groups attached to an aromatic ring is 1. The van der Waals surface area contributed by atoms with Gasteiger partial charge in [0.1, 0.15) is 0 Å². The Bertz CT molecular complexity index is 316. The zero-order valence-corrected chi connectivity index (χ0v) is 10.9. The standard InChI is InChI=1S/C10H20N4OS/c1-4-10(5-2,7-15)6-14(3)9-13-12-8(11)16-9/h15H,4-7H2,1-3H3,(H2,11,12). The van der Waals surface area contributed by atoms with Crippen LogP contribution in [0, 0.1) is 5.41 Å². The number of hydrogen-bond donors (Lipinski definition) is 2. The van der Waals surface area contributed by atoms with Crippen molar-refractivity contribution >= 4 is 21.6 Å². The van der Waals surface area contributed by atoms with Gasteiger partial charge >= 0.3 is 0 Å². The van der Waals surface area contributed by atoms with Crippen LogP contribution >= 0.6 is 11.3 Å². The number of rotatable bonds is 6. The first-order valence-electron chi connectivity index (χ1n) is 5.48. The number of anilines is 2. The van der Waals surface area contributed by atoms with Crippen molar-refractivity contribution in [1.82, 2.24) is 10.2 Å². The second-order valence-electron chi connectivity index (χ2n) is 4.14. The van der Waals surface area contributed by atoms with Gasteiger partial charge in [0.2, 0.25) is 10.3 Å². The second-order valence-corrected chi connectivity index (χ2v) is 5.13. The van der Waals surface area contributed by atoms with Gasteiger partial charge in [0.05, 0.1) is 6.61 Å². The normalized spacial score (nSPS) is 11.8. The van der Waals surface area contributed by atoms with Gasteiger partial charge in [-0.2, -0.15) is 0 Å². The summed E-state index contributed by atoms with van der Waals surface area (Å²) in [5.74, 6) is 0. The van der Waals surface area contributed by atoms with E-state index in [1.807, 2.05) is 11.9 Å². The third-order valence-corrected chi connectivity index (χ3v) is 4.03. The molecule has 0 radical (unpaired) electrons. The minimum absolute atomic E-state index is 0.0603. The zero-order chi connectivity index (χ0) is 12.2. The van der Waals surface area contributed by atoms with Gasteiger partial charge in [0, 0.05) is 19.0 Å². The molecule has 0 aliphatic rings. The highest BCUT2D eigenvalue weighted by atomic mass is 32.1. The molecule has 1 aromatic heterocycles. The molecule has 0 aliphatic carbocycles. The third-order valence-electron chi connectivity index (χ3n) is 3.16. The number of aromatic nitrogens is 2. The summed E-state index contributed by atoms with van der Waals surface area (Å²) < 4.78 is 0. The van der Waals surface area contributed by atoms with Crippen LogP contribution in [-0.2, 0) is 0 Å². The fourth-order valence-corrected chi connectivity index (χ4v) is 2.27. The van der Waals surface area contributed by atoms with Crippen molar-refractivity contribution in [2.24, 2.45) is 5.41 Å². The van der Waals surface area contributed by atoms with E-state index in [4.69, 9.17) is 5.73 Å². The first-order chi connectivity index (χ1) is 7.56. The third kappa shape index (κ3) is 2.82. The van der Waals surface area contributed by atoms with Crippen molar-refractivity contribution in [1.29, 1.82) is 0 Å². The van der Waals surface area contributed by atoms with Crippen molar-refractivity contribution in [3.8, 4) is 0 Å². The van der Waals surface area contributed by atoms with Crippen LogP contribution in [0.25, 0.3) is 0 Å². The SMILES string of the molecule is CCC(CC)(CO)CN(C)c1nnc(N)s1. The minimum Gasteiger partial charge on any atom is -0.396 e. The van der Waals surface area contributed by atoms with Crippen molar-refractivity contribution < 1.29 is 5.11 Å². The molecule has 0 unspecified atom stereocenters. The Hall–Kier alpha value is -0.880. The van der Waals surface area contributed by atoms with E-state index in [0.717, 1.165) is 24.5 Å². The maximum atomic E-state index is 9.49. The summed E-state index contributed by atoms with van der Waals surface area (Å²) in [7, 11) is 1.95. The summed E-state index contributed by atoms with van der Waals surface area (Å²) in [4.78, 5) is 2.01. The Kier molecular flexibility index (Phi) is 4.49. The molecular weight excluding hydrogens is 224 g/mol. The summed E-state index contributed by atoms with van der Waals surface area (Å²) >= 11 is 1.37. The summed E-state index contributed by atoms with van der Waals surface area (Å²) in [5.41, 5.74) is 5.49. The molecular formula is C10H20N4OS. The summed E-state index contributed by atoms with van der Waals surface area (Å²) in [6.07, 6.45) is 1.89. The van der Waals surface area contributed by atoms with Crippen LogP contribution in [0.15, 0.2) is 0 Å². The van der Waals surface area contributed by atoms with Gasteiger partial charge in [-0.1, -0.05) is 25.2 Å². The minimum atomic E-state index is -0.0603. The molecule has 0 aromatic carbocycles. The Morgan fingerprint density at radius 3 is 2.38 bits per heavy atom. The van der Waals surface area contributed by atoms with Crippen molar-refractivity contribution in [2.75, 3.05) is 30.8 Å². The van der Waals surface area contributed by atoms with Crippen LogP contribution in [0.2, 0.25) is 0 Å². The fourth-order valence-electron chi connectivity index (χ4n) is 1.70. The monoisotopic (exact) mass is 244 g/mol. The van der Waals surface area contributed by atoms with E-state index in [1.165, 1.54) is 11.3 Å². The molecule has 0 bridgehead atoms. The van der Waals surface area contributed by atoms with E-state index in [1.54, 1.807) is 0 Å². The Balaban J connectivity index is 2.72. The number of nitrogens with two attached hydrogens (primary N) is 1. The molecule has 0 saturated carbocycles. The Morgan fingerprint density at radius 2 is 2.00 bits per heavy atom. The van der Waals surface area contributed by atoms with Crippen molar-refractivity contribution in [3.05, 3.63) is 0 Å². The molecule has 1 rings (SSSR count). The highest BCUT2D eigenvalue weighted by molar-refractivity contribution is 7.18. The van der Waals surface area contributed by atoms with Crippen LogP contribution in [0.4, 0.5) is 10.3 Å². The first kappa shape index (κ1) is 13.2. The van der Waals surface area contributed by atoms with Gasteiger partial charge < -0.3 is 15.7 Å². The average Bonchev–Trinajstić information content (AvgIpc) is 2.73. The van der Waals surface area contributed by atoms with Crippen LogP contribution in [0.5, 0.6) is 0 Å². The van der Waals surface area contributed by atoms with E-state index in [0.29, 0.717) is 5.13 Å². The van der Waals surface area contributed by atoms with E-state index in [9.17, 15) is 5.11 Å². The smallest absolute Gasteiger partial charge is 0.209 e. The van der Waals surface area contributed by atoms with Gasteiger partial charge in [-0.3, -0.25) is 0 Å². The molecule has 1 aromatic rings. The summed E-state index contributed by atoms with van der Waals surface area (Å²) in [5, 5.41) is 18.6. The molecule has 1 heterocycles. The maximum Gasteiger partial charge on any atom is 0.209 e. The van der Waals surface area contributed by atoms with Gasteiger partial charge in [-0.05, 0) is 12.8 Å². The van der Waals surface area contributed by atoms with Crippen molar-refractivity contribution in [2.45, 2.75) is 26.7 Å². The molecule has 0 spiro atoms. The van der Waals surface area contributed by atoms with E-state index in [2.05, 4.69) is 24.0 Å². The highest BCUT2D eigenvalue weighted by Gasteiger charge is 2.27. The quantitative estimate of drug-likeness (QED) is 0.790. The predicted octanol–water partition coefficient (Wildman–Crippen LogP) is 1.36. The lowest BCUT2D eigenvalue weighted by molar-refractivity contribution is 0.121. The maximum absolute atomic E-state index is 9.49. The molecule has 16 heavy (non-hydrogen) atoms. The van der Waals surface area contributed by atoms with Gasteiger partial charge in [-0.15, -0.1) is 10.2 Å². The average molecular weight is 244 g/mol. The van der Waals surface area contributed by atoms with Gasteiger partial charge in [-0.25, -0.2) is 0 Å².